The average molecular weight is 301 g/mol. The standard InChI is InChI=1S/C17H19NO4/c19-16-2-1-10-18(16)14-6-3-13(4-7-14)5-8-17(20)22-15-9-11-21-12-15/h3-8,15H,1-2,9-12H2/b8-5+/t15-/m1/s1. The van der Waals surface area contributed by atoms with Gasteiger partial charge in [0.2, 0.25) is 5.91 Å². The van der Waals surface area contributed by atoms with Crippen molar-refractivity contribution in [2.45, 2.75) is 25.4 Å². The van der Waals surface area contributed by atoms with Gasteiger partial charge in [-0.1, -0.05) is 12.1 Å². The molecule has 3 rings (SSSR count). The number of amides is 1. The molecule has 0 unspecified atom stereocenters. The molecule has 2 aliphatic heterocycles. The Labute approximate surface area is 129 Å². The summed E-state index contributed by atoms with van der Waals surface area (Å²) >= 11 is 0. The number of esters is 1. The lowest BCUT2D eigenvalue weighted by Gasteiger charge is -2.15. The Balaban J connectivity index is 1.57. The summed E-state index contributed by atoms with van der Waals surface area (Å²) in [5.74, 6) is -0.181. The van der Waals surface area contributed by atoms with E-state index in [-0.39, 0.29) is 18.0 Å². The highest BCUT2D eigenvalue weighted by molar-refractivity contribution is 5.95. The van der Waals surface area contributed by atoms with Crippen LogP contribution in [0.2, 0.25) is 0 Å². The molecule has 1 aromatic rings. The fourth-order valence-electron chi connectivity index (χ4n) is 2.66. The van der Waals surface area contributed by atoms with E-state index in [0.717, 1.165) is 30.6 Å². The maximum absolute atomic E-state index is 11.7. The van der Waals surface area contributed by atoms with E-state index in [1.165, 1.54) is 6.08 Å². The first-order valence-electron chi connectivity index (χ1n) is 7.59. The highest BCUT2D eigenvalue weighted by Gasteiger charge is 2.21. The predicted molar refractivity (Wildman–Crippen MR) is 82.4 cm³/mol. The van der Waals surface area contributed by atoms with Gasteiger partial charge in [-0.2, -0.15) is 0 Å². The van der Waals surface area contributed by atoms with Crippen molar-refractivity contribution in [3.63, 3.8) is 0 Å². The molecule has 0 aliphatic carbocycles. The molecule has 2 saturated heterocycles. The number of rotatable bonds is 4. The van der Waals surface area contributed by atoms with Crippen molar-refractivity contribution in [1.82, 2.24) is 0 Å². The third-order valence-corrected chi connectivity index (χ3v) is 3.86. The lowest BCUT2D eigenvalue weighted by molar-refractivity contribution is -0.142. The molecular formula is C17H19NO4. The Morgan fingerprint density at radius 1 is 1.32 bits per heavy atom. The number of hydrogen-bond donors (Lipinski definition) is 0. The quantitative estimate of drug-likeness (QED) is 0.631. The van der Waals surface area contributed by atoms with Gasteiger partial charge in [0.25, 0.3) is 0 Å². The second-order valence-electron chi connectivity index (χ2n) is 5.50. The van der Waals surface area contributed by atoms with Crippen molar-refractivity contribution in [2.75, 3.05) is 24.7 Å². The summed E-state index contributed by atoms with van der Waals surface area (Å²) in [5, 5.41) is 0. The zero-order valence-electron chi connectivity index (χ0n) is 12.4. The highest BCUT2D eigenvalue weighted by atomic mass is 16.6. The van der Waals surface area contributed by atoms with Gasteiger partial charge in [-0.15, -0.1) is 0 Å². The first-order valence-corrected chi connectivity index (χ1v) is 7.59. The van der Waals surface area contributed by atoms with Crippen molar-refractivity contribution in [3.8, 4) is 0 Å². The molecule has 0 N–H and O–H groups in total. The van der Waals surface area contributed by atoms with Crippen LogP contribution in [0.4, 0.5) is 5.69 Å². The van der Waals surface area contributed by atoms with Crippen LogP contribution < -0.4 is 4.90 Å². The third kappa shape index (κ3) is 3.54. The molecule has 2 heterocycles. The summed E-state index contributed by atoms with van der Waals surface area (Å²) in [6.07, 6.45) is 5.32. The number of benzene rings is 1. The van der Waals surface area contributed by atoms with Gasteiger partial charge in [0.1, 0.15) is 6.10 Å². The summed E-state index contributed by atoms with van der Waals surface area (Å²) in [5.41, 5.74) is 1.81. The van der Waals surface area contributed by atoms with Gasteiger partial charge in [-0.3, -0.25) is 4.79 Å². The second-order valence-corrected chi connectivity index (χ2v) is 5.50. The van der Waals surface area contributed by atoms with Crippen LogP contribution in [0.1, 0.15) is 24.8 Å². The van der Waals surface area contributed by atoms with E-state index < -0.39 is 0 Å². The molecule has 0 saturated carbocycles. The van der Waals surface area contributed by atoms with Crippen molar-refractivity contribution in [3.05, 3.63) is 35.9 Å². The minimum absolute atomic E-state index is 0.124. The first kappa shape index (κ1) is 14.8. The van der Waals surface area contributed by atoms with Crippen molar-refractivity contribution in [1.29, 1.82) is 0 Å². The van der Waals surface area contributed by atoms with Crippen LogP contribution in [-0.4, -0.2) is 37.7 Å². The summed E-state index contributed by atoms with van der Waals surface area (Å²) in [7, 11) is 0. The van der Waals surface area contributed by atoms with Crippen molar-refractivity contribution in [2.24, 2.45) is 0 Å². The fraction of sp³-hybridized carbons (Fsp3) is 0.412. The van der Waals surface area contributed by atoms with E-state index in [4.69, 9.17) is 9.47 Å². The topological polar surface area (TPSA) is 55.8 Å². The van der Waals surface area contributed by atoms with Gasteiger partial charge in [0.05, 0.1) is 13.2 Å². The molecule has 5 nitrogen and oxygen atoms in total. The molecular weight excluding hydrogens is 282 g/mol. The summed E-state index contributed by atoms with van der Waals surface area (Å²) in [6, 6.07) is 7.59. The first-order chi connectivity index (χ1) is 10.7. The Morgan fingerprint density at radius 2 is 2.14 bits per heavy atom. The largest absolute Gasteiger partial charge is 0.457 e. The van der Waals surface area contributed by atoms with Crippen molar-refractivity contribution < 1.29 is 19.1 Å². The monoisotopic (exact) mass is 301 g/mol. The number of anilines is 1. The summed E-state index contributed by atoms with van der Waals surface area (Å²) in [6.45, 7) is 1.92. The van der Waals surface area contributed by atoms with E-state index in [2.05, 4.69) is 0 Å². The number of hydrogen-bond acceptors (Lipinski definition) is 4. The molecule has 0 bridgehead atoms. The molecule has 5 heteroatoms. The normalized spacial score (nSPS) is 21.7. The van der Waals surface area contributed by atoms with Crippen LogP contribution >= 0.6 is 0 Å². The molecule has 0 aromatic heterocycles. The molecule has 1 atom stereocenters. The van der Waals surface area contributed by atoms with Crippen LogP contribution in [0.25, 0.3) is 6.08 Å². The second kappa shape index (κ2) is 6.75. The van der Waals surface area contributed by atoms with Crippen molar-refractivity contribution >= 4 is 23.6 Å². The molecule has 0 spiro atoms. The van der Waals surface area contributed by atoms with Gasteiger partial charge in [-0.25, -0.2) is 4.79 Å². The molecule has 2 fully saturated rings. The lowest BCUT2D eigenvalue weighted by atomic mass is 10.2. The molecule has 2 aliphatic rings. The number of ether oxygens (including phenoxy) is 2. The smallest absolute Gasteiger partial charge is 0.331 e. The zero-order chi connectivity index (χ0) is 15.4. The van der Waals surface area contributed by atoms with Gasteiger partial charge in [-0.05, 0) is 30.2 Å². The van der Waals surface area contributed by atoms with Crippen LogP contribution in [0.15, 0.2) is 30.3 Å². The maximum Gasteiger partial charge on any atom is 0.331 e. The predicted octanol–water partition coefficient (Wildman–Crippen LogP) is 2.16. The van der Waals surface area contributed by atoms with Crippen LogP contribution in [-0.2, 0) is 19.1 Å². The lowest BCUT2D eigenvalue weighted by Crippen LogP contribution is -2.23. The van der Waals surface area contributed by atoms with E-state index >= 15 is 0 Å². The van der Waals surface area contributed by atoms with E-state index in [9.17, 15) is 9.59 Å². The molecule has 1 aromatic carbocycles. The zero-order valence-corrected chi connectivity index (χ0v) is 12.4. The molecule has 1 amide bonds. The number of nitrogens with zero attached hydrogens (tertiary/aromatic N) is 1. The molecule has 116 valence electrons. The summed E-state index contributed by atoms with van der Waals surface area (Å²) in [4.78, 5) is 25.1. The fourth-order valence-corrected chi connectivity index (χ4v) is 2.66. The molecule has 0 radical (unpaired) electrons. The van der Waals surface area contributed by atoms with Crippen LogP contribution in [0.5, 0.6) is 0 Å². The van der Waals surface area contributed by atoms with E-state index in [1.54, 1.807) is 11.0 Å². The number of carbonyl (C=O) groups is 2. The average Bonchev–Trinajstić information content (AvgIpc) is 3.17. The van der Waals surface area contributed by atoms with Crippen LogP contribution in [0.3, 0.4) is 0 Å². The Morgan fingerprint density at radius 3 is 2.77 bits per heavy atom. The Bertz CT molecular complexity index is 573. The number of carbonyl (C=O) groups excluding carboxylic acids is 2. The van der Waals surface area contributed by atoms with Gasteiger partial charge in [0, 0.05) is 31.1 Å². The van der Waals surface area contributed by atoms with Crippen LogP contribution in [0, 0.1) is 0 Å². The van der Waals surface area contributed by atoms with E-state index in [0.29, 0.717) is 19.6 Å². The Kier molecular flexibility index (Phi) is 4.53. The third-order valence-electron chi connectivity index (χ3n) is 3.86. The van der Waals surface area contributed by atoms with Gasteiger partial charge < -0.3 is 14.4 Å². The van der Waals surface area contributed by atoms with Gasteiger partial charge in [0.15, 0.2) is 0 Å². The minimum atomic E-state index is -0.353. The minimum Gasteiger partial charge on any atom is -0.457 e. The van der Waals surface area contributed by atoms with Gasteiger partial charge >= 0.3 is 5.97 Å². The molecule has 22 heavy (non-hydrogen) atoms. The Hall–Kier alpha value is -2.14. The summed E-state index contributed by atoms with van der Waals surface area (Å²) < 4.78 is 10.4. The SMILES string of the molecule is O=C(/C=C/c1ccc(N2CCCC2=O)cc1)O[C@@H]1CCOC1. The van der Waals surface area contributed by atoms with E-state index in [1.807, 2.05) is 24.3 Å². The maximum atomic E-state index is 11.7. The highest BCUT2D eigenvalue weighted by Crippen LogP contribution is 2.22.